The molecule has 1 saturated heterocycles. The molecule has 0 aliphatic carbocycles. The molecule has 2 N–H and O–H groups in total. The minimum absolute atomic E-state index is 0.0474. The van der Waals surface area contributed by atoms with E-state index in [-0.39, 0.29) is 24.3 Å². The number of imidazole rings is 1. The van der Waals surface area contributed by atoms with E-state index < -0.39 is 11.2 Å². The van der Waals surface area contributed by atoms with Crippen molar-refractivity contribution in [3.8, 4) is 5.75 Å². The van der Waals surface area contributed by atoms with Gasteiger partial charge in [-0.05, 0) is 36.1 Å². The Labute approximate surface area is 232 Å². The van der Waals surface area contributed by atoms with Gasteiger partial charge in [-0.1, -0.05) is 43.1 Å². The Hall–Kier alpha value is -3.08. The summed E-state index contributed by atoms with van der Waals surface area (Å²) in [6.07, 6.45) is 9.45. The molecule has 3 heterocycles. The minimum atomic E-state index is -1.21. The Morgan fingerprint density at radius 2 is 2.13 bits per heavy atom. The van der Waals surface area contributed by atoms with Gasteiger partial charge in [-0.15, -0.1) is 0 Å². The number of aliphatic imine (C=N–C) groups is 1. The Kier molecular flexibility index (Phi) is 8.96. The van der Waals surface area contributed by atoms with E-state index in [1.807, 2.05) is 30.9 Å². The van der Waals surface area contributed by atoms with Crippen molar-refractivity contribution in [3.05, 3.63) is 59.8 Å². The van der Waals surface area contributed by atoms with E-state index >= 15 is 0 Å². The number of amides is 2. The fourth-order valence-corrected chi connectivity index (χ4v) is 5.08. The summed E-state index contributed by atoms with van der Waals surface area (Å²) in [5, 5.41) is 5.38. The number of carbonyl (C=O) groups is 2. The number of nitrogens with one attached hydrogen (secondary N) is 2. The molecular formula is C26H33Cl2N7O3. The third kappa shape index (κ3) is 6.48. The molecule has 2 amide bonds. The summed E-state index contributed by atoms with van der Waals surface area (Å²) < 4.78 is 6.92. The van der Waals surface area contributed by atoms with Crippen LogP contribution in [0.2, 0.25) is 5.02 Å². The van der Waals surface area contributed by atoms with Gasteiger partial charge in [-0.2, -0.15) is 0 Å². The molecule has 2 aliphatic rings. The van der Waals surface area contributed by atoms with Gasteiger partial charge in [0.2, 0.25) is 22.9 Å². The van der Waals surface area contributed by atoms with Crippen molar-refractivity contribution < 1.29 is 14.3 Å². The van der Waals surface area contributed by atoms with Crippen LogP contribution in [0.25, 0.3) is 0 Å². The molecule has 2 aliphatic heterocycles. The molecule has 2 atom stereocenters. The van der Waals surface area contributed by atoms with Crippen molar-refractivity contribution >= 4 is 41.0 Å². The van der Waals surface area contributed by atoms with Crippen LogP contribution in [0.5, 0.6) is 5.75 Å². The summed E-state index contributed by atoms with van der Waals surface area (Å²) in [7, 11) is 1.56. The highest BCUT2D eigenvalue weighted by molar-refractivity contribution is 6.32. The normalized spacial score (nSPS) is 21.7. The van der Waals surface area contributed by atoms with Gasteiger partial charge in [0.15, 0.2) is 0 Å². The first kappa shape index (κ1) is 27.9. The number of ether oxygens (including phenoxy) is 1. The third-order valence-electron chi connectivity index (χ3n) is 6.48. The summed E-state index contributed by atoms with van der Waals surface area (Å²) >= 11 is 13.2. The lowest BCUT2D eigenvalue weighted by Crippen LogP contribution is -2.64. The molecule has 204 valence electrons. The summed E-state index contributed by atoms with van der Waals surface area (Å²) in [5.74, 6) is 1.01. The second kappa shape index (κ2) is 12.2. The van der Waals surface area contributed by atoms with Gasteiger partial charge in [0.1, 0.15) is 18.1 Å². The maximum Gasteiger partial charge on any atom is 0.244 e. The molecule has 0 bridgehead atoms. The van der Waals surface area contributed by atoms with Gasteiger partial charge in [0.05, 0.1) is 12.1 Å². The highest BCUT2D eigenvalue weighted by Crippen LogP contribution is 2.30. The van der Waals surface area contributed by atoms with Gasteiger partial charge in [0.25, 0.3) is 0 Å². The van der Waals surface area contributed by atoms with E-state index in [0.29, 0.717) is 49.2 Å². The number of halogens is 2. The van der Waals surface area contributed by atoms with Crippen LogP contribution in [0.4, 0.5) is 0 Å². The summed E-state index contributed by atoms with van der Waals surface area (Å²) in [6.45, 7) is 5.43. The molecule has 2 aromatic rings. The second-order valence-corrected chi connectivity index (χ2v) is 10.6. The van der Waals surface area contributed by atoms with Gasteiger partial charge in [-0.3, -0.25) is 19.1 Å². The van der Waals surface area contributed by atoms with Crippen LogP contribution in [-0.4, -0.2) is 81.6 Å². The summed E-state index contributed by atoms with van der Waals surface area (Å²) in [4.78, 5) is 38.9. The maximum atomic E-state index is 13.4. The lowest BCUT2D eigenvalue weighted by atomic mass is 10.1. The standard InChI is InChI=1S/C26H33Cl2N7O3/c1-18(2)14-23(36)35-13-12-34(26(28)7-9-31-25(32-26)33-11-10-29-17-33)16-21(35)24(37)30-8-6-19-4-5-22(38-3)20(27)15-19/h4-5,7,9-11,15,17-18,21H,6,8,12-14,16H2,1-3H3,(H,30,37)(H,31,32). The fraction of sp³-hybridized carbons (Fsp3) is 0.462. The third-order valence-corrected chi connectivity index (χ3v) is 7.22. The highest BCUT2D eigenvalue weighted by Gasteiger charge is 2.43. The average molecular weight is 563 g/mol. The molecule has 38 heavy (non-hydrogen) atoms. The molecule has 12 heteroatoms. The minimum Gasteiger partial charge on any atom is -0.495 e. The zero-order chi connectivity index (χ0) is 27.3. The smallest absolute Gasteiger partial charge is 0.244 e. The van der Waals surface area contributed by atoms with Gasteiger partial charge in [-0.25, -0.2) is 9.98 Å². The molecule has 0 spiro atoms. The Morgan fingerprint density at radius 1 is 1.32 bits per heavy atom. The monoisotopic (exact) mass is 561 g/mol. The summed E-state index contributed by atoms with van der Waals surface area (Å²) in [5.41, 5.74) is 0.968. The zero-order valence-electron chi connectivity index (χ0n) is 21.7. The maximum absolute atomic E-state index is 13.4. The molecule has 1 aromatic carbocycles. The van der Waals surface area contributed by atoms with Crippen molar-refractivity contribution in [3.63, 3.8) is 0 Å². The molecular weight excluding hydrogens is 529 g/mol. The zero-order valence-corrected chi connectivity index (χ0v) is 23.2. The number of rotatable bonds is 8. The lowest BCUT2D eigenvalue weighted by molar-refractivity contribution is -0.145. The number of carbonyl (C=O) groups excluding carboxylic acids is 2. The predicted molar refractivity (Wildman–Crippen MR) is 147 cm³/mol. The van der Waals surface area contributed by atoms with Gasteiger partial charge < -0.3 is 20.3 Å². The number of nitrogens with zero attached hydrogens (tertiary/aromatic N) is 5. The Bertz CT molecular complexity index is 1200. The molecule has 1 aromatic heterocycles. The highest BCUT2D eigenvalue weighted by atomic mass is 35.5. The van der Waals surface area contributed by atoms with E-state index in [1.165, 1.54) is 0 Å². The van der Waals surface area contributed by atoms with Crippen molar-refractivity contribution in [2.24, 2.45) is 10.9 Å². The molecule has 0 saturated carbocycles. The second-order valence-electron chi connectivity index (χ2n) is 9.68. The van der Waals surface area contributed by atoms with Gasteiger partial charge >= 0.3 is 0 Å². The lowest BCUT2D eigenvalue weighted by Gasteiger charge is -2.45. The topological polar surface area (TPSA) is 104 Å². The fourth-order valence-electron chi connectivity index (χ4n) is 4.50. The quantitative estimate of drug-likeness (QED) is 0.379. The van der Waals surface area contributed by atoms with Crippen LogP contribution in [-0.2, 0) is 16.0 Å². The van der Waals surface area contributed by atoms with Crippen LogP contribution in [0.15, 0.2) is 54.2 Å². The first-order valence-electron chi connectivity index (χ1n) is 12.6. The predicted octanol–water partition coefficient (Wildman–Crippen LogP) is 2.68. The van der Waals surface area contributed by atoms with E-state index in [0.717, 1.165) is 5.56 Å². The Balaban J connectivity index is 1.48. The SMILES string of the molecule is COc1ccc(CCNC(=O)C2CN(C3(Cl)C=CNC(n4ccnc4)=N3)CCN2C(=O)CC(C)C)cc1Cl. The number of hydrogen-bond acceptors (Lipinski definition) is 7. The summed E-state index contributed by atoms with van der Waals surface area (Å²) in [6, 6.07) is 4.83. The van der Waals surface area contributed by atoms with Crippen LogP contribution < -0.4 is 15.4 Å². The number of methoxy groups -OCH3 is 1. The molecule has 0 radical (unpaired) electrons. The number of piperazine rings is 1. The van der Waals surface area contributed by atoms with E-state index in [9.17, 15) is 9.59 Å². The van der Waals surface area contributed by atoms with Crippen LogP contribution in [0, 0.1) is 5.92 Å². The number of benzene rings is 1. The van der Waals surface area contributed by atoms with Crippen LogP contribution >= 0.6 is 23.2 Å². The number of hydrogen-bond donors (Lipinski definition) is 2. The molecule has 4 rings (SSSR count). The largest absolute Gasteiger partial charge is 0.495 e. The molecule has 1 fully saturated rings. The van der Waals surface area contributed by atoms with Gasteiger partial charge in [0, 0.05) is 51.2 Å². The van der Waals surface area contributed by atoms with Crippen molar-refractivity contribution in [2.75, 3.05) is 33.3 Å². The van der Waals surface area contributed by atoms with E-state index in [2.05, 4.69) is 15.6 Å². The average Bonchev–Trinajstić information content (AvgIpc) is 3.43. The molecule has 2 unspecified atom stereocenters. The number of aromatic nitrogens is 2. The first-order valence-corrected chi connectivity index (χ1v) is 13.3. The van der Waals surface area contributed by atoms with Crippen LogP contribution in [0.1, 0.15) is 25.8 Å². The van der Waals surface area contributed by atoms with Crippen molar-refractivity contribution in [2.45, 2.75) is 37.9 Å². The molecule has 10 nitrogen and oxygen atoms in total. The van der Waals surface area contributed by atoms with E-state index in [1.54, 1.807) is 53.6 Å². The van der Waals surface area contributed by atoms with E-state index in [4.69, 9.17) is 32.9 Å². The number of alkyl halides is 1. The first-order chi connectivity index (χ1) is 18.2. The Morgan fingerprint density at radius 3 is 2.82 bits per heavy atom. The van der Waals surface area contributed by atoms with Crippen molar-refractivity contribution in [1.29, 1.82) is 0 Å². The van der Waals surface area contributed by atoms with Crippen molar-refractivity contribution in [1.82, 2.24) is 30.0 Å². The van der Waals surface area contributed by atoms with Crippen LogP contribution in [0.3, 0.4) is 0 Å².